The Kier molecular flexibility index (Phi) is 10.8. The van der Waals surface area contributed by atoms with Gasteiger partial charge < -0.3 is 19.8 Å². The van der Waals surface area contributed by atoms with Crippen LogP contribution in [0.4, 0.5) is 11.4 Å². The van der Waals surface area contributed by atoms with E-state index in [2.05, 4.69) is 10.6 Å². The Labute approximate surface area is 249 Å². The molecule has 0 spiro atoms. The molecule has 2 aromatic rings. The molecule has 2 aliphatic heterocycles. The van der Waals surface area contributed by atoms with Crippen molar-refractivity contribution < 1.29 is 29.6 Å². The number of carbonyl (C=O) groups excluding carboxylic acids is 2. The number of rotatable bonds is 6. The molecule has 2 aliphatic rings. The van der Waals surface area contributed by atoms with E-state index in [1.165, 1.54) is 47.8 Å². The summed E-state index contributed by atoms with van der Waals surface area (Å²) >= 11 is 2.85. The average molecular weight is 587 g/mol. The molecule has 2 N–H and O–H groups in total. The Balaban J connectivity index is 0.000000267. The minimum Gasteiger partial charge on any atom is -0.548 e. The van der Waals surface area contributed by atoms with Crippen molar-refractivity contribution in [1.29, 1.82) is 0 Å². The number of nitrogens with zero attached hydrogens (tertiary/aromatic N) is 2. The second-order valence-electron chi connectivity index (χ2n) is 9.74. The molecule has 0 aliphatic carbocycles. The summed E-state index contributed by atoms with van der Waals surface area (Å²) in [4.78, 5) is 42.7. The van der Waals surface area contributed by atoms with Crippen LogP contribution in [0.1, 0.15) is 49.6 Å². The van der Waals surface area contributed by atoms with Gasteiger partial charge in [-0.25, -0.2) is 0 Å². The average Bonchev–Trinajstić information content (AvgIpc) is 3.34. The van der Waals surface area contributed by atoms with Crippen molar-refractivity contribution in [3.8, 4) is 0 Å². The first-order chi connectivity index (χ1) is 17.6. The predicted octanol–water partition coefficient (Wildman–Crippen LogP) is 1.27. The molecule has 15 heteroatoms. The van der Waals surface area contributed by atoms with Crippen LogP contribution in [-0.4, -0.2) is 66.4 Å². The third kappa shape index (κ3) is 7.82. The Morgan fingerprint density at radius 2 is 1.08 bits per heavy atom. The summed E-state index contributed by atoms with van der Waals surface area (Å²) in [6.45, 7) is 7.23. The number of nitro benzene ring substituents is 2. The van der Waals surface area contributed by atoms with E-state index in [0.717, 1.165) is 0 Å². The van der Waals surface area contributed by atoms with Crippen LogP contribution in [0.3, 0.4) is 0 Å². The molecule has 2 fully saturated rings. The first kappa shape index (κ1) is 32.8. The SMILES string of the molecule is CC1(C)SC(c2cccc([N+](=O)[O-])c2)N[C@H]1C(=O)[O-].CC1(C)SC(c2cccc([N+](=O)[O-])c2)N[C@H]1C(=O)[O-].[Mg+2]. The van der Waals surface area contributed by atoms with Gasteiger partial charge in [0, 0.05) is 33.8 Å². The third-order valence-electron chi connectivity index (χ3n) is 6.11. The smallest absolute Gasteiger partial charge is 0.548 e. The van der Waals surface area contributed by atoms with Gasteiger partial charge in [0.2, 0.25) is 0 Å². The predicted molar refractivity (Wildman–Crippen MR) is 145 cm³/mol. The van der Waals surface area contributed by atoms with Crippen LogP contribution in [0, 0.1) is 20.2 Å². The van der Waals surface area contributed by atoms with E-state index >= 15 is 0 Å². The van der Waals surface area contributed by atoms with Gasteiger partial charge in [-0.1, -0.05) is 24.3 Å². The van der Waals surface area contributed by atoms with E-state index in [0.29, 0.717) is 11.1 Å². The second kappa shape index (κ2) is 12.8. The number of hydrogen-bond acceptors (Lipinski definition) is 12. The van der Waals surface area contributed by atoms with E-state index in [1.807, 2.05) is 27.7 Å². The van der Waals surface area contributed by atoms with Crippen molar-refractivity contribution in [3.05, 3.63) is 79.9 Å². The molecule has 0 amide bonds. The molecule has 39 heavy (non-hydrogen) atoms. The number of carboxylic acids is 2. The molecule has 0 radical (unpaired) electrons. The van der Waals surface area contributed by atoms with Gasteiger partial charge in [0.15, 0.2) is 0 Å². The van der Waals surface area contributed by atoms with E-state index in [4.69, 9.17) is 0 Å². The molecule has 2 heterocycles. The van der Waals surface area contributed by atoms with Crippen molar-refractivity contribution in [2.45, 2.75) is 60.0 Å². The molecule has 4 rings (SSSR count). The van der Waals surface area contributed by atoms with Crippen LogP contribution < -0.4 is 20.8 Å². The van der Waals surface area contributed by atoms with Gasteiger partial charge in [0.1, 0.15) is 0 Å². The van der Waals surface area contributed by atoms with Crippen LogP contribution in [0.5, 0.6) is 0 Å². The fraction of sp³-hybridized carbons (Fsp3) is 0.417. The largest absolute Gasteiger partial charge is 2.00 e. The maximum Gasteiger partial charge on any atom is 2.00 e. The molecule has 2 aromatic carbocycles. The number of thioether (sulfide) groups is 2. The van der Waals surface area contributed by atoms with Gasteiger partial charge in [-0.15, -0.1) is 23.5 Å². The third-order valence-corrected chi connectivity index (χ3v) is 9.08. The van der Waals surface area contributed by atoms with Gasteiger partial charge in [0.25, 0.3) is 11.4 Å². The summed E-state index contributed by atoms with van der Waals surface area (Å²) in [5.74, 6) is -2.32. The number of aliphatic carboxylic acids is 2. The molecule has 204 valence electrons. The van der Waals surface area contributed by atoms with Crippen LogP contribution in [-0.2, 0) is 9.59 Å². The zero-order chi connectivity index (χ0) is 28.4. The zero-order valence-electron chi connectivity index (χ0n) is 21.6. The molecule has 0 bridgehead atoms. The summed E-state index contributed by atoms with van der Waals surface area (Å²) in [5, 5.41) is 48.9. The van der Waals surface area contributed by atoms with Crippen molar-refractivity contribution in [2.24, 2.45) is 0 Å². The van der Waals surface area contributed by atoms with E-state index in [-0.39, 0.29) is 45.2 Å². The molecule has 0 saturated carbocycles. The second-order valence-corrected chi connectivity index (χ2v) is 13.3. The minimum absolute atomic E-state index is 0. The normalized spacial score (nSPS) is 24.5. The van der Waals surface area contributed by atoms with E-state index < -0.39 is 43.4 Å². The molecular weight excluding hydrogens is 561 g/mol. The number of benzene rings is 2. The number of hydrogen-bond donors (Lipinski definition) is 2. The minimum atomic E-state index is -1.16. The molecule has 2 unspecified atom stereocenters. The van der Waals surface area contributed by atoms with Gasteiger partial charge in [-0.2, -0.15) is 0 Å². The van der Waals surface area contributed by atoms with Crippen molar-refractivity contribution in [1.82, 2.24) is 10.6 Å². The van der Waals surface area contributed by atoms with Crippen LogP contribution in [0.15, 0.2) is 48.5 Å². The Morgan fingerprint density at radius 3 is 1.33 bits per heavy atom. The maximum absolute atomic E-state index is 11.1. The van der Waals surface area contributed by atoms with E-state index in [9.17, 15) is 40.0 Å². The first-order valence-corrected chi connectivity index (χ1v) is 13.2. The molecule has 12 nitrogen and oxygen atoms in total. The fourth-order valence-corrected chi connectivity index (χ4v) is 6.94. The monoisotopic (exact) mass is 586 g/mol. The van der Waals surface area contributed by atoms with Crippen molar-refractivity contribution in [2.75, 3.05) is 0 Å². The number of carboxylic acid groups (broad SMARTS) is 2. The Hall–Kier alpha value is -2.43. The standard InChI is InChI=1S/2C12H14N2O4S.Mg/c2*1-12(2)9(11(15)16)13-10(19-12)7-4-3-5-8(6-7)14(17)18;/h2*3-6,9-10,13H,1-2H3,(H,15,16);/q;;+2/p-2/t2*9-,10?;/m00./s1. The number of carbonyl (C=O) groups is 2. The van der Waals surface area contributed by atoms with Gasteiger partial charge >= 0.3 is 23.1 Å². The van der Waals surface area contributed by atoms with Crippen LogP contribution >= 0.6 is 23.5 Å². The fourth-order valence-electron chi connectivity index (χ4n) is 4.15. The Bertz CT molecular complexity index is 1170. The molecule has 0 aromatic heterocycles. The molecule has 4 atom stereocenters. The Morgan fingerprint density at radius 1 is 0.744 bits per heavy atom. The number of nitro groups is 2. The summed E-state index contributed by atoms with van der Waals surface area (Å²) < 4.78 is -1.07. The van der Waals surface area contributed by atoms with Gasteiger partial charge in [-0.05, 0) is 38.8 Å². The van der Waals surface area contributed by atoms with Crippen molar-refractivity contribution in [3.63, 3.8) is 0 Å². The number of non-ortho nitro benzene ring substituents is 2. The van der Waals surface area contributed by atoms with Gasteiger partial charge in [-0.3, -0.25) is 30.9 Å². The maximum atomic E-state index is 11.1. The molecular formula is C24H26MgN4O8S2. The summed E-state index contributed by atoms with van der Waals surface area (Å²) in [5.41, 5.74) is 1.37. The topological polar surface area (TPSA) is 191 Å². The van der Waals surface area contributed by atoms with Crippen molar-refractivity contribution >= 4 is 69.9 Å². The summed E-state index contributed by atoms with van der Waals surface area (Å²) in [6, 6.07) is 10.8. The van der Waals surface area contributed by atoms with Crippen LogP contribution in [0.2, 0.25) is 0 Å². The van der Waals surface area contributed by atoms with Crippen LogP contribution in [0.25, 0.3) is 0 Å². The zero-order valence-corrected chi connectivity index (χ0v) is 24.7. The number of nitrogens with one attached hydrogen (secondary N) is 2. The quantitative estimate of drug-likeness (QED) is 0.280. The van der Waals surface area contributed by atoms with E-state index in [1.54, 1.807) is 24.3 Å². The first-order valence-electron chi connectivity index (χ1n) is 11.4. The summed E-state index contributed by atoms with van der Waals surface area (Å²) in [6.07, 6.45) is 0. The van der Waals surface area contributed by atoms with Gasteiger partial charge in [0.05, 0.1) is 44.6 Å². The molecule has 2 saturated heterocycles. The summed E-state index contributed by atoms with van der Waals surface area (Å²) in [7, 11) is 0.